The second-order valence-electron chi connectivity index (χ2n) is 6.39. The quantitative estimate of drug-likeness (QED) is 0.782. The first-order chi connectivity index (χ1) is 13.1. The Hall–Kier alpha value is -3.02. The summed E-state index contributed by atoms with van der Waals surface area (Å²) in [5.74, 6) is -0.605. The Kier molecular flexibility index (Phi) is 5.96. The van der Waals surface area contributed by atoms with Crippen molar-refractivity contribution in [2.45, 2.75) is 32.2 Å². The number of aryl methyl sites for hydroxylation is 1. The molecule has 0 spiro atoms. The van der Waals surface area contributed by atoms with Gasteiger partial charge in [0.15, 0.2) is 18.1 Å². The summed E-state index contributed by atoms with van der Waals surface area (Å²) in [5.41, 5.74) is 2.90. The highest BCUT2D eigenvalue weighted by atomic mass is 16.5. The number of hydrogen-bond acceptors (Lipinski definition) is 4. The zero-order chi connectivity index (χ0) is 19.2. The second-order valence-corrected chi connectivity index (χ2v) is 6.39. The van der Waals surface area contributed by atoms with Crippen LogP contribution in [-0.4, -0.2) is 30.2 Å². The van der Waals surface area contributed by atoms with Crippen molar-refractivity contribution in [3.8, 4) is 11.5 Å². The molecule has 0 radical (unpaired) electrons. The lowest BCUT2D eigenvalue weighted by molar-refractivity contribution is -0.139. The molecule has 0 fully saturated rings. The molecule has 0 heterocycles. The SMILES string of the molecule is CCOc1cc(C(=O)NC2CCCc3ccccc32)ccc1OCC(=O)O. The van der Waals surface area contributed by atoms with Gasteiger partial charge in [-0.1, -0.05) is 24.3 Å². The van der Waals surface area contributed by atoms with E-state index < -0.39 is 12.6 Å². The largest absolute Gasteiger partial charge is 0.490 e. The lowest BCUT2D eigenvalue weighted by Crippen LogP contribution is -2.31. The van der Waals surface area contributed by atoms with E-state index >= 15 is 0 Å². The zero-order valence-electron chi connectivity index (χ0n) is 15.2. The van der Waals surface area contributed by atoms with Crippen molar-refractivity contribution < 1.29 is 24.2 Å². The molecule has 142 valence electrons. The van der Waals surface area contributed by atoms with Gasteiger partial charge < -0.3 is 19.9 Å². The Bertz CT molecular complexity index is 833. The number of hydrogen-bond donors (Lipinski definition) is 2. The average Bonchev–Trinajstić information content (AvgIpc) is 2.67. The summed E-state index contributed by atoms with van der Waals surface area (Å²) in [6.45, 7) is 1.72. The number of fused-ring (bicyclic) bond motifs is 1. The number of carbonyl (C=O) groups is 2. The maximum Gasteiger partial charge on any atom is 0.341 e. The number of carboxylic acids is 1. The van der Waals surface area contributed by atoms with Crippen LogP contribution >= 0.6 is 0 Å². The Balaban J connectivity index is 1.77. The van der Waals surface area contributed by atoms with Crippen molar-refractivity contribution in [2.75, 3.05) is 13.2 Å². The van der Waals surface area contributed by atoms with Gasteiger partial charge in [-0.2, -0.15) is 0 Å². The molecule has 0 saturated heterocycles. The number of aliphatic carboxylic acids is 1. The van der Waals surface area contributed by atoms with Crippen LogP contribution in [-0.2, 0) is 11.2 Å². The van der Waals surface area contributed by atoms with E-state index in [-0.39, 0.29) is 11.9 Å². The summed E-state index contributed by atoms with van der Waals surface area (Å²) < 4.78 is 10.7. The highest BCUT2D eigenvalue weighted by Crippen LogP contribution is 2.31. The Labute approximate surface area is 158 Å². The van der Waals surface area contributed by atoms with Gasteiger partial charge in [-0.3, -0.25) is 4.79 Å². The summed E-state index contributed by atoms with van der Waals surface area (Å²) in [4.78, 5) is 23.5. The zero-order valence-corrected chi connectivity index (χ0v) is 15.2. The standard InChI is InChI=1S/C21H23NO5/c1-2-26-19-12-15(10-11-18(19)27-13-20(23)24)21(25)22-17-9-5-7-14-6-3-4-8-16(14)17/h3-4,6,8,10-12,17H,2,5,7,9,13H2,1H3,(H,22,25)(H,23,24). The molecule has 2 N–H and O–H groups in total. The van der Waals surface area contributed by atoms with Crippen molar-refractivity contribution in [3.63, 3.8) is 0 Å². The molecule has 1 unspecified atom stereocenters. The van der Waals surface area contributed by atoms with Crippen LogP contribution in [0.2, 0.25) is 0 Å². The minimum Gasteiger partial charge on any atom is -0.490 e. The van der Waals surface area contributed by atoms with Gasteiger partial charge in [0.1, 0.15) is 0 Å². The third-order valence-corrected chi connectivity index (χ3v) is 4.53. The Morgan fingerprint density at radius 3 is 2.74 bits per heavy atom. The topological polar surface area (TPSA) is 84.9 Å². The van der Waals surface area contributed by atoms with E-state index in [0.717, 1.165) is 19.3 Å². The summed E-state index contributed by atoms with van der Waals surface area (Å²) >= 11 is 0. The van der Waals surface area contributed by atoms with Crippen LogP contribution in [0, 0.1) is 0 Å². The predicted molar refractivity (Wildman–Crippen MR) is 100 cm³/mol. The van der Waals surface area contributed by atoms with E-state index in [1.807, 2.05) is 19.1 Å². The van der Waals surface area contributed by atoms with E-state index in [1.165, 1.54) is 11.1 Å². The highest BCUT2D eigenvalue weighted by Gasteiger charge is 2.22. The van der Waals surface area contributed by atoms with E-state index in [4.69, 9.17) is 14.6 Å². The van der Waals surface area contributed by atoms with E-state index in [0.29, 0.717) is 23.7 Å². The first-order valence-corrected chi connectivity index (χ1v) is 9.08. The van der Waals surface area contributed by atoms with Crippen LogP contribution < -0.4 is 14.8 Å². The van der Waals surface area contributed by atoms with Gasteiger partial charge in [-0.15, -0.1) is 0 Å². The highest BCUT2D eigenvalue weighted by molar-refractivity contribution is 5.95. The van der Waals surface area contributed by atoms with Crippen LogP contribution in [0.4, 0.5) is 0 Å². The molecular formula is C21H23NO5. The number of amides is 1. The molecule has 27 heavy (non-hydrogen) atoms. The van der Waals surface area contributed by atoms with Crippen molar-refractivity contribution >= 4 is 11.9 Å². The molecule has 2 aromatic rings. The summed E-state index contributed by atoms with van der Waals surface area (Å²) in [6, 6.07) is 12.9. The van der Waals surface area contributed by atoms with Crippen LogP contribution in [0.3, 0.4) is 0 Å². The van der Waals surface area contributed by atoms with Crippen LogP contribution in [0.25, 0.3) is 0 Å². The predicted octanol–water partition coefficient (Wildman–Crippen LogP) is 3.36. The molecule has 1 aliphatic rings. The third kappa shape index (κ3) is 4.58. The maximum atomic E-state index is 12.8. The maximum absolute atomic E-state index is 12.8. The second kappa shape index (κ2) is 8.58. The Morgan fingerprint density at radius 2 is 1.96 bits per heavy atom. The number of rotatable bonds is 7. The third-order valence-electron chi connectivity index (χ3n) is 4.53. The average molecular weight is 369 g/mol. The number of nitrogens with one attached hydrogen (secondary N) is 1. The molecule has 0 saturated carbocycles. The molecule has 0 aromatic heterocycles. The van der Waals surface area contributed by atoms with Crippen LogP contribution in [0.5, 0.6) is 11.5 Å². The minimum absolute atomic E-state index is 0.0130. The summed E-state index contributed by atoms with van der Waals surface area (Å²) in [5, 5.41) is 11.9. The van der Waals surface area contributed by atoms with Crippen LogP contribution in [0.15, 0.2) is 42.5 Å². The molecule has 6 nitrogen and oxygen atoms in total. The fraction of sp³-hybridized carbons (Fsp3) is 0.333. The number of carbonyl (C=O) groups excluding carboxylic acids is 1. The van der Waals surface area contributed by atoms with E-state index in [9.17, 15) is 9.59 Å². The van der Waals surface area contributed by atoms with Gasteiger partial charge in [-0.25, -0.2) is 4.79 Å². The lowest BCUT2D eigenvalue weighted by Gasteiger charge is -2.26. The molecule has 0 bridgehead atoms. The van der Waals surface area contributed by atoms with Crippen LogP contribution in [0.1, 0.15) is 47.3 Å². The summed E-state index contributed by atoms with van der Waals surface area (Å²) in [7, 11) is 0. The van der Waals surface area contributed by atoms with Crippen molar-refractivity contribution in [3.05, 3.63) is 59.2 Å². The molecular weight excluding hydrogens is 346 g/mol. The monoisotopic (exact) mass is 369 g/mol. The van der Waals surface area contributed by atoms with Gasteiger partial charge in [0.2, 0.25) is 0 Å². The first-order valence-electron chi connectivity index (χ1n) is 9.08. The fourth-order valence-electron chi connectivity index (χ4n) is 3.32. The van der Waals surface area contributed by atoms with Gasteiger partial charge in [0, 0.05) is 5.56 Å². The first kappa shape index (κ1) is 18.8. The van der Waals surface area contributed by atoms with Gasteiger partial charge >= 0.3 is 5.97 Å². The molecule has 1 aliphatic carbocycles. The minimum atomic E-state index is -1.07. The number of carboxylic acid groups (broad SMARTS) is 1. The molecule has 2 aromatic carbocycles. The molecule has 0 aliphatic heterocycles. The van der Waals surface area contributed by atoms with Gasteiger partial charge in [-0.05, 0) is 55.5 Å². The molecule has 1 amide bonds. The fourth-order valence-corrected chi connectivity index (χ4v) is 3.32. The lowest BCUT2D eigenvalue weighted by atomic mass is 9.87. The normalized spacial score (nSPS) is 15.5. The van der Waals surface area contributed by atoms with Gasteiger partial charge in [0.25, 0.3) is 5.91 Å². The van der Waals surface area contributed by atoms with Gasteiger partial charge in [0.05, 0.1) is 12.6 Å². The van der Waals surface area contributed by atoms with E-state index in [1.54, 1.807) is 18.2 Å². The molecule has 1 atom stereocenters. The van der Waals surface area contributed by atoms with Crippen molar-refractivity contribution in [2.24, 2.45) is 0 Å². The number of ether oxygens (including phenoxy) is 2. The summed E-state index contributed by atoms with van der Waals surface area (Å²) in [6.07, 6.45) is 2.97. The number of benzene rings is 2. The van der Waals surface area contributed by atoms with Crippen molar-refractivity contribution in [1.82, 2.24) is 5.32 Å². The van der Waals surface area contributed by atoms with E-state index in [2.05, 4.69) is 17.4 Å². The molecule has 6 heteroatoms. The molecule has 3 rings (SSSR count). The van der Waals surface area contributed by atoms with Crippen molar-refractivity contribution in [1.29, 1.82) is 0 Å². The Morgan fingerprint density at radius 1 is 1.15 bits per heavy atom. The smallest absolute Gasteiger partial charge is 0.341 e.